The molecule has 1 aromatic heterocycles. The van der Waals surface area contributed by atoms with Crippen LogP contribution in [0.15, 0.2) is 51.7 Å². The molecule has 4 nitrogen and oxygen atoms in total. The van der Waals surface area contributed by atoms with Crippen molar-refractivity contribution < 1.29 is 4.42 Å². The molecule has 0 amide bonds. The molecule has 4 rings (SSSR count). The fraction of sp³-hybridized carbons (Fsp3) is 0.409. The second kappa shape index (κ2) is 8.32. The minimum absolute atomic E-state index is 0.381. The van der Waals surface area contributed by atoms with E-state index in [1.807, 2.05) is 24.3 Å². The molecule has 1 heterocycles. The number of aryl methyl sites for hydroxylation is 1. The van der Waals surface area contributed by atoms with Crippen LogP contribution in [0, 0.1) is 0 Å². The van der Waals surface area contributed by atoms with Crippen molar-refractivity contribution in [2.75, 3.05) is 6.54 Å². The van der Waals surface area contributed by atoms with Gasteiger partial charge in [0.2, 0.25) is 0 Å². The molecule has 0 unspecified atom stereocenters. The summed E-state index contributed by atoms with van der Waals surface area (Å²) in [6, 6.07) is 14.9. The molecule has 5 heteroatoms. The molecule has 1 saturated carbocycles. The molecule has 0 bridgehead atoms. The average molecular weight is 385 g/mol. The van der Waals surface area contributed by atoms with Crippen LogP contribution < -0.4 is 11.1 Å². The van der Waals surface area contributed by atoms with Crippen molar-refractivity contribution in [2.45, 2.75) is 50.5 Å². The largest absolute Gasteiger partial charge is 0.417 e. The van der Waals surface area contributed by atoms with Crippen LogP contribution in [0.3, 0.4) is 0 Å². The number of rotatable bonds is 6. The molecule has 1 aliphatic rings. The van der Waals surface area contributed by atoms with Crippen molar-refractivity contribution in [1.29, 1.82) is 0 Å². The second-order valence-corrected chi connectivity index (χ2v) is 7.94. The molecule has 3 aromatic rings. The Morgan fingerprint density at radius 2 is 1.85 bits per heavy atom. The molecule has 0 spiro atoms. The van der Waals surface area contributed by atoms with Crippen LogP contribution in [0.4, 0.5) is 0 Å². The average Bonchev–Trinajstić information content (AvgIpc) is 3.06. The lowest BCUT2D eigenvalue weighted by molar-refractivity contribution is 0.342. The number of fused-ring (bicyclic) bond motifs is 1. The topological polar surface area (TPSA) is 58.0 Å². The van der Waals surface area contributed by atoms with E-state index in [4.69, 9.17) is 16.0 Å². The Balaban J connectivity index is 1.22. The molecule has 0 aliphatic heterocycles. The molecule has 1 fully saturated rings. The standard InChI is InChI=1S/C22H25ClN2O2/c23-18-8-3-15(4-9-18)2-1-13-24-19-10-5-16(6-11-19)17-7-12-20-21(14-17)27-22(26)25-20/h3-4,7-9,12,14,16,19,24H,1-2,5-6,10-11,13H2,(H,25,26). The van der Waals surface area contributed by atoms with Gasteiger partial charge in [-0.25, -0.2) is 4.79 Å². The first-order chi connectivity index (χ1) is 13.2. The highest BCUT2D eigenvalue weighted by Gasteiger charge is 2.22. The number of nitrogens with one attached hydrogen (secondary N) is 2. The molecule has 2 N–H and O–H groups in total. The van der Waals surface area contributed by atoms with Crippen LogP contribution in [0.25, 0.3) is 11.1 Å². The SMILES string of the molecule is O=c1[nH]c2ccc(C3CCC(NCCCc4ccc(Cl)cc4)CC3)cc2o1. The number of oxazole rings is 1. The number of hydrogen-bond donors (Lipinski definition) is 2. The van der Waals surface area contributed by atoms with Crippen molar-refractivity contribution in [3.05, 3.63) is 69.2 Å². The highest BCUT2D eigenvalue weighted by atomic mass is 35.5. The molecular weight excluding hydrogens is 360 g/mol. The zero-order valence-electron chi connectivity index (χ0n) is 15.3. The lowest BCUT2D eigenvalue weighted by Crippen LogP contribution is -2.33. The van der Waals surface area contributed by atoms with Crippen molar-refractivity contribution in [3.8, 4) is 0 Å². The Bertz CT molecular complexity index is 937. The monoisotopic (exact) mass is 384 g/mol. The van der Waals surface area contributed by atoms with E-state index in [1.165, 1.54) is 36.8 Å². The Morgan fingerprint density at radius 1 is 1.07 bits per heavy atom. The summed E-state index contributed by atoms with van der Waals surface area (Å²) in [4.78, 5) is 14.0. The summed E-state index contributed by atoms with van der Waals surface area (Å²) in [5.74, 6) is 0.176. The Labute approximate surface area is 163 Å². The maximum atomic E-state index is 11.3. The lowest BCUT2D eigenvalue weighted by atomic mass is 9.81. The van der Waals surface area contributed by atoms with E-state index < -0.39 is 0 Å². The number of halogens is 1. The van der Waals surface area contributed by atoms with Crippen LogP contribution in [-0.4, -0.2) is 17.6 Å². The van der Waals surface area contributed by atoms with E-state index in [-0.39, 0.29) is 5.76 Å². The predicted molar refractivity (Wildman–Crippen MR) is 110 cm³/mol. The smallest absolute Gasteiger partial charge is 0.408 e. The molecule has 2 aromatic carbocycles. The van der Waals surface area contributed by atoms with Gasteiger partial charge in [-0.2, -0.15) is 0 Å². The zero-order chi connectivity index (χ0) is 18.6. The van der Waals surface area contributed by atoms with E-state index in [0.717, 1.165) is 29.9 Å². The first kappa shape index (κ1) is 18.3. The quantitative estimate of drug-likeness (QED) is 0.586. The molecular formula is C22H25ClN2O2. The lowest BCUT2D eigenvalue weighted by Gasteiger charge is -2.29. The normalized spacial score (nSPS) is 20.2. The minimum atomic E-state index is -0.381. The second-order valence-electron chi connectivity index (χ2n) is 7.50. The molecule has 0 atom stereocenters. The third-order valence-electron chi connectivity index (χ3n) is 5.63. The Morgan fingerprint density at radius 3 is 2.63 bits per heavy atom. The predicted octanol–water partition coefficient (Wildman–Crippen LogP) is 5.02. The van der Waals surface area contributed by atoms with E-state index in [0.29, 0.717) is 17.5 Å². The summed E-state index contributed by atoms with van der Waals surface area (Å²) < 4.78 is 5.20. The van der Waals surface area contributed by atoms with E-state index in [2.05, 4.69) is 28.5 Å². The van der Waals surface area contributed by atoms with Crippen molar-refractivity contribution in [3.63, 3.8) is 0 Å². The first-order valence-corrected chi connectivity index (χ1v) is 10.2. The van der Waals surface area contributed by atoms with E-state index in [9.17, 15) is 4.79 Å². The zero-order valence-corrected chi connectivity index (χ0v) is 16.1. The van der Waals surface area contributed by atoms with E-state index >= 15 is 0 Å². The van der Waals surface area contributed by atoms with Gasteiger partial charge in [0.05, 0.1) is 5.52 Å². The van der Waals surface area contributed by atoms with Gasteiger partial charge in [-0.05, 0) is 86.4 Å². The van der Waals surface area contributed by atoms with Gasteiger partial charge in [-0.15, -0.1) is 0 Å². The highest BCUT2D eigenvalue weighted by Crippen LogP contribution is 2.34. The Kier molecular flexibility index (Phi) is 5.65. The van der Waals surface area contributed by atoms with Crippen LogP contribution in [0.5, 0.6) is 0 Å². The molecule has 0 saturated heterocycles. The number of hydrogen-bond acceptors (Lipinski definition) is 3. The van der Waals surface area contributed by atoms with Gasteiger partial charge in [0.25, 0.3) is 0 Å². The summed E-state index contributed by atoms with van der Waals surface area (Å²) in [6.07, 6.45) is 6.97. The molecule has 1 aliphatic carbocycles. The summed E-state index contributed by atoms with van der Waals surface area (Å²) in [5.41, 5.74) is 4.07. The number of aromatic nitrogens is 1. The van der Waals surface area contributed by atoms with E-state index in [1.54, 1.807) is 0 Å². The Hall–Kier alpha value is -2.04. The van der Waals surface area contributed by atoms with Gasteiger partial charge < -0.3 is 9.73 Å². The number of aromatic amines is 1. The third-order valence-corrected chi connectivity index (χ3v) is 5.88. The molecule has 142 valence electrons. The third kappa shape index (κ3) is 4.63. The summed E-state index contributed by atoms with van der Waals surface area (Å²) in [7, 11) is 0. The highest BCUT2D eigenvalue weighted by molar-refractivity contribution is 6.30. The summed E-state index contributed by atoms with van der Waals surface area (Å²) >= 11 is 5.93. The fourth-order valence-corrected chi connectivity index (χ4v) is 4.22. The molecule has 27 heavy (non-hydrogen) atoms. The summed E-state index contributed by atoms with van der Waals surface area (Å²) in [5, 5.41) is 4.51. The van der Waals surface area contributed by atoms with Crippen LogP contribution in [0.1, 0.15) is 49.1 Å². The van der Waals surface area contributed by atoms with Crippen LogP contribution in [0.2, 0.25) is 5.02 Å². The van der Waals surface area contributed by atoms with Crippen LogP contribution in [-0.2, 0) is 6.42 Å². The van der Waals surface area contributed by atoms with Gasteiger partial charge in [-0.1, -0.05) is 29.8 Å². The minimum Gasteiger partial charge on any atom is -0.408 e. The number of benzene rings is 2. The van der Waals surface area contributed by atoms with Gasteiger partial charge in [0.15, 0.2) is 5.58 Å². The van der Waals surface area contributed by atoms with Gasteiger partial charge in [0.1, 0.15) is 0 Å². The van der Waals surface area contributed by atoms with Gasteiger partial charge >= 0.3 is 5.76 Å². The maximum Gasteiger partial charge on any atom is 0.417 e. The maximum absolute atomic E-state index is 11.3. The summed E-state index contributed by atoms with van der Waals surface area (Å²) in [6.45, 7) is 1.05. The van der Waals surface area contributed by atoms with Gasteiger partial charge in [0, 0.05) is 11.1 Å². The molecule has 0 radical (unpaired) electrons. The van der Waals surface area contributed by atoms with Crippen LogP contribution >= 0.6 is 11.6 Å². The van der Waals surface area contributed by atoms with Gasteiger partial charge in [-0.3, -0.25) is 4.98 Å². The van der Waals surface area contributed by atoms with Crippen molar-refractivity contribution >= 4 is 22.7 Å². The van der Waals surface area contributed by atoms with Crippen molar-refractivity contribution in [1.82, 2.24) is 10.3 Å². The first-order valence-electron chi connectivity index (χ1n) is 9.78. The fourth-order valence-electron chi connectivity index (χ4n) is 4.10. The number of H-pyrrole nitrogens is 1. The van der Waals surface area contributed by atoms with Crippen molar-refractivity contribution in [2.24, 2.45) is 0 Å².